The topological polar surface area (TPSA) is 64.1 Å². The summed E-state index contributed by atoms with van der Waals surface area (Å²) in [6, 6.07) is 4.05. The zero-order valence-corrected chi connectivity index (χ0v) is 15.4. The van der Waals surface area contributed by atoms with Crippen LogP contribution in [0.4, 0.5) is 0 Å². The highest BCUT2D eigenvalue weighted by Gasteiger charge is 2.35. The number of rotatable bonds is 6. The van der Waals surface area contributed by atoms with E-state index in [1.165, 1.54) is 6.42 Å². The monoisotopic (exact) mass is 361 g/mol. The Balaban J connectivity index is 1.60. The lowest BCUT2D eigenvalue weighted by molar-refractivity contribution is 0.324. The van der Waals surface area contributed by atoms with Gasteiger partial charge in [-0.3, -0.25) is 5.43 Å². The van der Waals surface area contributed by atoms with Gasteiger partial charge < -0.3 is 19.5 Å². The first-order chi connectivity index (χ1) is 12.1. The van der Waals surface area contributed by atoms with Gasteiger partial charge in [0.2, 0.25) is 5.75 Å². The van der Waals surface area contributed by atoms with Crippen LogP contribution in [0.1, 0.15) is 18.4 Å². The van der Waals surface area contributed by atoms with Crippen molar-refractivity contribution in [2.24, 2.45) is 16.9 Å². The van der Waals surface area contributed by atoms with Gasteiger partial charge >= 0.3 is 0 Å². The van der Waals surface area contributed by atoms with E-state index in [0.717, 1.165) is 12.0 Å². The lowest BCUT2D eigenvalue weighted by atomic mass is 10.0. The fourth-order valence-corrected chi connectivity index (χ4v) is 3.69. The summed E-state index contributed by atoms with van der Waals surface area (Å²) in [5.41, 5.74) is 3.69. The quantitative estimate of drug-likeness (QED) is 0.351. The van der Waals surface area contributed by atoms with Crippen LogP contribution in [-0.4, -0.2) is 38.7 Å². The summed E-state index contributed by atoms with van der Waals surface area (Å²) in [6.45, 7) is 0. The van der Waals surface area contributed by atoms with Crippen molar-refractivity contribution < 1.29 is 14.2 Å². The second-order valence-corrected chi connectivity index (χ2v) is 6.60. The minimum absolute atomic E-state index is 0.409. The van der Waals surface area contributed by atoms with Crippen molar-refractivity contribution in [1.82, 2.24) is 10.7 Å². The molecule has 6 nitrogen and oxygen atoms in total. The van der Waals surface area contributed by atoms with Crippen molar-refractivity contribution in [3.8, 4) is 17.2 Å². The third kappa shape index (κ3) is 3.87. The molecule has 25 heavy (non-hydrogen) atoms. The number of hydrazone groups is 1. The summed E-state index contributed by atoms with van der Waals surface area (Å²) < 4.78 is 16.0. The molecule has 1 saturated carbocycles. The van der Waals surface area contributed by atoms with Crippen LogP contribution < -0.4 is 25.0 Å². The average molecular weight is 361 g/mol. The highest BCUT2D eigenvalue weighted by atomic mass is 32.1. The number of allylic oxidation sites excluding steroid dienone is 1. The third-order valence-corrected chi connectivity index (χ3v) is 4.87. The van der Waals surface area contributed by atoms with Gasteiger partial charge in [0.25, 0.3) is 0 Å². The normalized spacial score (nSPS) is 23.7. The summed E-state index contributed by atoms with van der Waals surface area (Å²) in [5, 5.41) is 8.09. The average Bonchev–Trinajstić information content (AvgIpc) is 3.23. The number of hydrogen-bond donors (Lipinski definition) is 2. The van der Waals surface area contributed by atoms with Gasteiger partial charge in [-0.15, -0.1) is 0 Å². The third-order valence-electron chi connectivity index (χ3n) is 4.66. The standard InChI is InChI=1S/C18H23N3O3S/c1-22-15-8-12(9-16(23-2)17(15)24-3)10-19-21-18(25)20-14-7-11-4-5-13(14)6-11/h4-5,8-11,13-14H,6-7H2,1-3H3,(H2,20,21,25)/b19-10-/t11-,13+,14-/m1/s1. The second kappa shape index (κ2) is 7.74. The van der Waals surface area contributed by atoms with Gasteiger partial charge in [-0.25, -0.2) is 0 Å². The molecule has 1 fully saturated rings. The molecule has 3 rings (SSSR count). The van der Waals surface area contributed by atoms with Crippen LogP contribution in [0.25, 0.3) is 0 Å². The molecule has 0 heterocycles. The number of fused-ring (bicyclic) bond motifs is 2. The van der Waals surface area contributed by atoms with Gasteiger partial charge in [0.1, 0.15) is 0 Å². The molecule has 0 aliphatic heterocycles. The Labute approximate surface area is 153 Å². The molecule has 3 atom stereocenters. The molecule has 2 bridgehead atoms. The van der Waals surface area contributed by atoms with E-state index >= 15 is 0 Å². The lowest BCUT2D eigenvalue weighted by Crippen LogP contribution is -2.42. The minimum atomic E-state index is 0.409. The molecule has 0 radical (unpaired) electrons. The van der Waals surface area contributed by atoms with Crippen LogP contribution >= 0.6 is 12.2 Å². The van der Waals surface area contributed by atoms with Gasteiger partial charge in [0.05, 0.1) is 27.5 Å². The van der Waals surface area contributed by atoms with Crippen molar-refractivity contribution in [1.29, 1.82) is 0 Å². The van der Waals surface area contributed by atoms with E-state index in [2.05, 4.69) is 28.0 Å². The molecule has 2 aliphatic carbocycles. The molecule has 0 aromatic heterocycles. The van der Waals surface area contributed by atoms with Crippen molar-refractivity contribution in [3.63, 3.8) is 0 Å². The molecule has 134 valence electrons. The summed E-state index contributed by atoms with van der Waals surface area (Å²) in [7, 11) is 4.74. The smallest absolute Gasteiger partial charge is 0.203 e. The van der Waals surface area contributed by atoms with Crippen molar-refractivity contribution in [3.05, 3.63) is 29.8 Å². The van der Waals surface area contributed by atoms with Crippen LogP contribution in [0.5, 0.6) is 17.2 Å². The summed E-state index contributed by atoms with van der Waals surface area (Å²) in [6.07, 6.45) is 8.63. The first-order valence-electron chi connectivity index (χ1n) is 8.22. The van der Waals surface area contributed by atoms with Crippen molar-refractivity contribution >= 4 is 23.5 Å². The number of methoxy groups -OCH3 is 3. The number of hydrogen-bond acceptors (Lipinski definition) is 5. The second-order valence-electron chi connectivity index (χ2n) is 6.19. The maximum atomic E-state index is 5.33. The fourth-order valence-electron chi connectivity index (χ4n) is 3.49. The number of ether oxygens (including phenoxy) is 3. The van der Waals surface area contributed by atoms with Gasteiger partial charge in [-0.2, -0.15) is 5.10 Å². The molecule has 0 saturated heterocycles. The Kier molecular flexibility index (Phi) is 5.43. The zero-order chi connectivity index (χ0) is 17.8. The van der Waals surface area contributed by atoms with E-state index < -0.39 is 0 Å². The maximum absolute atomic E-state index is 5.33. The van der Waals surface area contributed by atoms with E-state index in [1.807, 2.05) is 12.1 Å². The van der Waals surface area contributed by atoms with Crippen molar-refractivity contribution in [2.75, 3.05) is 21.3 Å². The van der Waals surface area contributed by atoms with Gasteiger partial charge in [-0.1, -0.05) is 12.2 Å². The van der Waals surface area contributed by atoms with E-state index in [4.69, 9.17) is 26.4 Å². The predicted octanol–water partition coefficient (Wildman–Crippen LogP) is 2.48. The Morgan fingerprint density at radius 1 is 1.12 bits per heavy atom. The minimum Gasteiger partial charge on any atom is -0.493 e. The lowest BCUT2D eigenvalue weighted by Gasteiger charge is -2.20. The van der Waals surface area contributed by atoms with Crippen LogP contribution in [0.3, 0.4) is 0 Å². The number of benzene rings is 1. The molecule has 1 aromatic carbocycles. The Morgan fingerprint density at radius 3 is 2.36 bits per heavy atom. The molecule has 0 unspecified atom stereocenters. The van der Waals surface area contributed by atoms with Crippen LogP contribution in [0.15, 0.2) is 29.4 Å². The molecule has 7 heteroatoms. The largest absolute Gasteiger partial charge is 0.493 e. The first kappa shape index (κ1) is 17.5. The highest BCUT2D eigenvalue weighted by molar-refractivity contribution is 7.80. The summed E-state index contributed by atoms with van der Waals surface area (Å²) >= 11 is 5.33. The Morgan fingerprint density at radius 2 is 1.84 bits per heavy atom. The van der Waals surface area contributed by atoms with Crippen molar-refractivity contribution in [2.45, 2.75) is 18.9 Å². The molecular weight excluding hydrogens is 338 g/mol. The SMILES string of the molecule is COc1cc(/C=N\NC(=S)N[C@@H]2C[C@@H]3C=C[C@H]2C3)cc(OC)c1OC. The Bertz CT molecular complexity index is 680. The van der Waals surface area contributed by atoms with Crippen LogP contribution in [0.2, 0.25) is 0 Å². The molecule has 0 spiro atoms. The summed E-state index contributed by atoms with van der Waals surface area (Å²) in [5.74, 6) is 3.00. The van der Waals surface area contributed by atoms with E-state index in [9.17, 15) is 0 Å². The number of nitrogens with one attached hydrogen (secondary N) is 2. The number of nitrogens with zero attached hydrogens (tertiary/aromatic N) is 1. The fraction of sp³-hybridized carbons (Fsp3) is 0.444. The molecular formula is C18H23N3O3S. The van der Waals surface area contributed by atoms with Crippen LogP contribution in [-0.2, 0) is 0 Å². The van der Waals surface area contributed by atoms with Gasteiger partial charge in [0.15, 0.2) is 16.6 Å². The van der Waals surface area contributed by atoms with Crippen LogP contribution in [0, 0.1) is 11.8 Å². The Hall–Kier alpha value is -2.28. The maximum Gasteiger partial charge on any atom is 0.203 e. The van der Waals surface area contributed by atoms with Gasteiger partial charge in [0, 0.05) is 11.6 Å². The van der Waals surface area contributed by atoms with E-state index in [0.29, 0.717) is 40.2 Å². The molecule has 1 aromatic rings. The summed E-state index contributed by atoms with van der Waals surface area (Å²) in [4.78, 5) is 0. The zero-order valence-electron chi connectivity index (χ0n) is 14.6. The highest BCUT2D eigenvalue weighted by Crippen LogP contribution is 2.39. The van der Waals surface area contributed by atoms with E-state index in [1.54, 1.807) is 27.5 Å². The molecule has 2 aliphatic rings. The molecule has 2 N–H and O–H groups in total. The first-order valence-corrected chi connectivity index (χ1v) is 8.63. The number of thiocarbonyl (C=S) groups is 1. The predicted molar refractivity (Wildman–Crippen MR) is 102 cm³/mol. The molecule has 0 amide bonds. The van der Waals surface area contributed by atoms with Gasteiger partial charge in [-0.05, 0) is 49.0 Å². The van der Waals surface area contributed by atoms with E-state index in [-0.39, 0.29) is 0 Å².